The molecule has 0 radical (unpaired) electrons. The van der Waals surface area contributed by atoms with Gasteiger partial charge < -0.3 is 10.2 Å². The van der Waals surface area contributed by atoms with Crippen molar-refractivity contribution in [2.75, 3.05) is 16.8 Å². The van der Waals surface area contributed by atoms with Crippen LogP contribution in [0.4, 0.5) is 11.4 Å². The van der Waals surface area contributed by atoms with Crippen molar-refractivity contribution < 1.29 is 9.59 Å². The standard InChI is InChI=1S/C28H25Cl2N3O2/c29-20-8-12-25-19(13-20)15-32-22-11-7-18(14-22)26(32)16-33(25)28(35)17-5-9-21(10-6-17)31-27(34)23-3-1-2-4-24(23)30/h1-6,8-10,12-13,18,22,26H,7,11,14-16H2,(H,31,34)/t18-,22+,26+/m0/s1. The number of carbonyl (C=O) groups is 2. The second-order valence-electron chi connectivity index (χ2n) is 9.67. The van der Waals surface area contributed by atoms with Gasteiger partial charge in [-0.25, -0.2) is 0 Å². The average Bonchev–Trinajstić information content (AvgIpc) is 3.41. The van der Waals surface area contributed by atoms with Crippen molar-refractivity contribution in [3.8, 4) is 0 Å². The predicted octanol–water partition coefficient (Wildman–Crippen LogP) is 6.26. The summed E-state index contributed by atoms with van der Waals surface area (Å²) < 4.78 is 0. The quantitative estimate of drug-likeness (QED) is 0.456. The van der Waals surface area contributed by atoms with Crippen LogP contribution in [-0.4, -0.2) is 35.3 Å². The summed E-state index contributed by atoms with van der Waals surface area (Å²) in [5.74, 6) is 0.314. The number of rotatable bonds is 3. The molecule has 0 aromatic heterocycles. The van der Waals surface area contributed by atoms with Crippen LogP contribution < -0.4 is 10.2 Å². The molecule has 1 N–H and O–H groups in total. The summed E-state index contributed by atoms with van der Waals surface area (Å²) in [5, 5.41) is 3.94. The predicted molar refractivity (Wildman–Crippen MR) is 139 cm³/mol. The first kappa shape index (κ1) is 22.6. The number of piperidine rings is 1. The second-order valence-corrected chi connectivity index (χ2v) is 10.5. The number of carbonyl (C=O) groups excluding carboxylic acids is 2. The third-order valence-corrected chi connectivity index (χ3v) is 8.26. The topological polar surface area (TPSA) is 52.7 Å². The molecule has 0 unspecified atom stereocenters. The van der Waals surface area contributed by atoms with Gasteiger partial charge >= 0.3 is 0 Å². The van der Waals surface area contributed by atoms with Crippen LogP contribution in [0.15, 0.2) is 66.7 Å². The third kappa shape index (κ3) is 4.12. The van der Waals surface area contributed by atoms with E-state index in [2.05, 4.69) is 10.2 Å². The van der Waals surface area contributed by atoms with Crippen LogP contribution in [0.2, 0.25) is 10.0 Å². The number of anilines is 2. The molecule has 2 amide bonds. The maximum absolute atomic E-state index is 13.8. The van der Waals surface area contributed by atoms with Gasteiger partial charge in [0.25, 0.3) is 11.8 Å². The van der Waals surface area contributed by atoms with E-state index in [4.69, 9.17) is 23.2 Å². The Balaban J connectivity index is 1.26. The molecule has 2 bridgehead atoms. The Morgan fingerprint density at radius 3 is 2.54 bits per heavy atom. The molecule has 2 aliphatic heterocycles. The van der Waals surface area contributed by atoms with Crippen molar-refractivity contribution in [1.29, 1.82) is 0 Å². The molecule has 1 saturated heterocycles. The Morgan fingerprint density at radius 1 is 0.943 bits per heavy atom. The summed E-state index contributed by atoms with van der Waals surface area (Å²) in [7, 11) is 0. The molecule has 6 rings (SSSR count). The maximum Gasteiger partial charge on any atom is 0.258 e. The molecule has 2 heterocycles. The lowest BCUT2D eigenvalue weighted by Crippen LogP contribution is -2.46. The number of amides is 2. The van der Waals surface area contributed by atoms with E-state index in [1.807, 2.05) is 23.1 Å². The van der Waals surface area contributed by atoms with Crippen molar-refractivity contribution >= 4 is 46.4 Å². The SMILES string of the molecule is O=C(Nc1ccc(C(=O)N2C[C@@H]3[C@H]4CC[C@H](C4)N3Cc3cc(Cl)ccc32)cc1)c1ccccc1Cl. The number of nitrogens with zero attached hydrogens (tertiary/aromatic N) is 2. The van der Waals surface area contributed by atoms with E-state index in [-0.39, 0.29) is 11.8 Å². The summed E-state index contributed by atoms with van der Waals surface area (Å²) in [6.07, 6.45) is 3.71. The molecule has 35 heavy (non-hydrogen) atoms. The van der Waals surface area contributed by atoms with Gasteiger partial charge in [0.15, 0.2) is 0 Å². The minimum absolute atomic E-state index is 0.0397. The van der Waals surface area contributed by atoms with Crippen LogP contribution in [0, 0.1) is 5.92 Å². The zero-order valence-corrected chi connectivity index (χ0v) is 20.6. The Morgan fingerprint density at radius 2 is 1.74 bits per heavy atom. The molecule has 3 aromatic rings. The van der Waals surface area contributed by atoms with Gasteiger partial charge in [0.2, 0.25) is 0 Å². The van der Waals surface area contributed by atoms with Gasteiger partial charge in [-0.05, 0) is 85.3 Å². The number of halogens is 2. The molecular formula is C28H25Cl2N3O2. The van der Waals surface area contributed by atoms with E-state index >= 15 is 0 Å². The number of fused-ring (bicyclic) bond motifs is 6. The average molecular weight is 506 g/mol. The van der Waals surface area contributed by atoms with Gasteiger partial charge in [0.1, 0.15) is 0 Å². The summed E-state index contributed by atoms with van der Waals surface area (Å²) in [6.45, 7) is 1.51. The van der Waals surface area contributed by atoms with Crippen molar-refractivity contribution in [2.45, 2.75) is 37.9 Å². The van der Waals surface area contributed by atoms with Gasteiger partial charge in [-0.2, -0.15) is 0 Å². The smallest absolute Gasteiger partial charge is 0.258 e. The molecule has 1 saturated carbocycles. The van der Waals surface area contributed by atoms with Gasteiger partial charge in [0, 0.05) is 47.1 Å². The van der Waals surface area contributed by atoms with E-state index in [1.165, 1.54) is 19.3 Å². The Kier molecular flexibility index (Phi) is 5.79. The molecule has 2 fully saturated rings. The van der Waals surface area contributed by atoms with Crippen LogP contribution in [0.1, 0.15) is 45.5 Å². The van der Waals surface area contributed by atoms with Crippen LogP contribution in [0.5, 0.6) is 0 Å². The summed E-state index contributed by atoms with van der Waals surface area (Å²) in [4.78, 5) is 30.9. The van der Waals surface area contributed by atoms with E-state index in [0.29, 0.717) is 51.4 Å². The Bertz CT molecular complexity index is 1310. The van der Waals surface area contributed by atoms with Crippen molar-refractivity contribution in [3.63, 3.8) is 0 Å². The van der Waals surface area contributed by atoms with Gasteiger partial charge in [-0.3, -0.25) is 14.5 Å². The molecule has 5 nitrogen and oxygen atoms in total. The highest BCUT2D eigenvalue weighted by molar-refractivity contribution is 6.34. The maximum atomic E-state index is 13.8. The number of nitrogens with one attached hydrogen (secondary N) is 1. The number of hydrogen-bond donors (Lipinski definition) is 1. The van der Waals surface area contributed by atoms with Gasteiger partial charge in [0.05, 0.1) is 10.6 Å². The van der Waals surface area contributed by atoms with E-state index < -0.39 is 0 Å². The number of benzene rings is 3. The van der Waals surface area contributed by atoms with Crippen LogP contribution in [0.25, 0.3) is 0 Å². The lowest BCUT2D eigenvalue weighted by molar-refractivity contribution is 0.0961. The van der Waals surface area contributed by atoms with E-state index in [9.17, 15) is 9.59 Å². The fourth-order valence-electron chi connectivity index (χ4n) is 6.00. The molecule has 1 aliphatic carbocycles. The summed E-state index contributed by atoms with van der Waals surface area (Å²) in [5.41, 5.74) is 3.63. The van der Waals surface area contributed by atoms with Crippen molar-refractivity contribution in [1.82, 2.24) is 4.90 Å². The largest absolute Gasteiger partial charge is 0.322 e. The molecule has 3 aromatic carbocycles. The first-order chi connectivity index (χ1) is 17.0. The molecular weight excluding hydrogens is 481 g/mol. The summed E-state index contributed by atoms with van der Waals surface area (Å²) >= 11 is 12.5. The third-order valence-electron chi connectivity index (χ3n) is 7.69. The second kappa shape index (κ2) is 8.98. The van der Waals surface area contributed by atoms with Gasteiger partial charge in [-0.15, -0.1) is 0 Å². The highest BCUT2D eigenvalue weighted by atomic mass is 35.5. The fraction of sp³-hybridized carbons (Fsp3) is 0.286. The lowest BCUT2D eigenvalue weighted by atomic mass is 9.98. The normalized spacial score (nSPS) is 22.9. The monoisotopic (exact) mass is 505 g/mol. The minimum atomic E-state index is -0.288. The van der Waals surface area contributed by atoms with E-state index in [0.717, 1.165) is 17.8 Å². The first-order valence-corrected chi connectivity index (χ1v) is 12.8. The molecule has 3 aliphatic rings. The Labute approximate surface area is 214 Å². The summed E-state index contributed by atoms with van der Waals surface area (Å²) in [6, 6.07) is 20.8. The molecule has 0 spiro atoms. The van der Waals surface area contributed by atoms with Crippen molar-refractivity contribution in [3.05, 3.63) is 93.5 Å². The zero-order valence-electron chi connectivity index (χ0n) is 19.1. The van der Waals surface area contributed by atoms with E-state index in [1.54, 1.807) is 48.5 Å². The highest BCUT2D eigenvalue weighted by Crippen LogP contribution is 2.46. The highest BCUT2D eigenvalue weighted by Gasteiger charge is 2.48. The van der Waals surface area contributed by atoms with Crippen LogP contribution in [-0.2, 0) is 6.54 Å². The first-order valence-electron chi connectivity index (χ1n) is 12.0. The minimum Gasteiger partial charge on any atom is -0.322 e. The molecule has 7 heteroatoms. The zero-order chi connectivity index (χ0) is 24.1. The van der Waals surface area contributed by atoms with Gasteiger partial charge in [-0.1, -0.05) is 35.3 Å². The number of hydrogen-bond acceptors (Lipinski definition) is 3. The molecule has 3 atom stereocenters. The van der Waals surface area contributed by atoms with Crippen LogP contribution in [0.3, 0.4) is 0 Å². The fourth-order valence-corrected chi connectivity index (χ4v) is 6.41. The molecule has 178 valence electrons. The van der Waals surface area contributed by atoms with Crippen LogP contribution >= 0.6 is 23.2 Å². The lowest BCUT2D eigenvalue weighted by Gasteiger charge is -2.35. The Hall–Kier alpha value is -2.86. The van der Waals surface area contributed by atoms with Crippen molar-refractivity contribution in [2.24, 2.45) is 5.92 Å².